The predicted molar refractivity (Wildman–Crippen MR) is 99.0 cm³/mol. The molecule has 3 aromatic rings. The van der Waals surface area contributed by atoms with Crippen LogP contribution in [0.5, 0.6) is 0 Å². The van der Waals surface area contributed by atoms with Crippen LogP contribution in [-0.2, 0) is 0 Å². The Kier molecular flexibility index (Phi) is 5.04. The van der Waals surface area contributed by atoms with Crippen LogP contribution in [-0.4, -0.2) is 10.9 Å². The van der Waals surface area contributed by atoms with Gasteiger partial charge in [-0.15, -0.1) is 0 Å². The van der Waals surface area contributed by atoms with Crippen LogP contribution in [0.15, 0.2) is 72.9 Å². The number of carbonyl (C=O) groups excluding carboxylic acids is 1. The quantitative estimate of drug-likeness (QED) is 0.716. The number of rotatable bonds is 4. The highest BCUT2D eigenvalue weighted by atomic mass is 35.5. The minimum absolute atomic E-state index is 0.290. The second-order valence-electron chi connectivity index (χ2n) is 5.12. The normalized spacial score (nSPS) is 10.7. The third-order valence-electron chi connectivity index (χ3n) is 3.43. The van der Waals surface area contributed by atoms with Crippen LogP contribution in [0.25, 0.3) is 12.2 Å². The van der Waals surface area contributed by atoms with Crippen LogP contribution in [0, 0.1) is 0 Å². The molecule has 0 atom stereocenters. The topological polar surface area (TPSA) is 42.0 Å². The van der Waals surface area contributed by atoms with E-state index in [9.17, 15) is 4.79 Å². The van der Waals surface area contributed by atoms with Crippen molar-refractivity contribution in [3.05, 3.63) is 94.8 Å². The number of halogens is 1. The van der Waals surface area contributed by atoms with Crippen molar-refractivity contribution >= 4 is 35.3 Å². The molecule has 0 unspecified atom stereocenters. The van der Waals surface area contributed by atoms with Crippen molar-refractivity contribution < 1.29 is 4.79 Å². The van der Waals surface area contributed by atoms with Gasteiger partial charge in [-0.05, 0) is 23.8 Å². The third-order valence-corrected chi connectivity index (χ3v) is 3.76. The largest absolute Gasteiger partial charge is 0.321 e. The summed E-state index contributed by atoms with van der Waals surface area (Å²) in [6, 6.07) is 20.7. The summed E-state index contributed by atoms with van der Waals surface area (Å²) in [5.74, 6) is -0.295. The first-order chi connectivity index (χ1) is 11.7. The summed E-state index contributed by atoms with van der Waals surface area (Å²) in [6.07, 6.45) is 5.24. The molecule has 3 nitrogen and oxygen atoms in total. The lowest BCUT2D eigenvalue weighted by atomic mass is 10.1. The van der Waals surface area contributed by atoms with Gasteiger partial charge < -0.3 is 5.32 Å². The summed E-state index contributed by atoms with van der Waals surface area (Å²) >= 11 is 6.27. The highest BCUT2D eigenvalue weighted by molar-refractivity contribution is 6.32. The van der Waals surface area contributed by atoms with E-state index < -0.39 is 0 Å². The Morgan fingerprint density at radius 2 is 1.58 bits per heavy atom. The monoisotopic (exact) mass is 334 g/mol. The molecule has 1 aromatic heterocycles. The summed E-state index contributed by atoms with van der Waals surface area (Å²) in [4.78, 5) is 16.7. The minimum Gasteiger partial charge on any atom is -0.321 e. The minimum atomic E-state index is -0.295. The number of para-hydroxylation sites is 1. The Labute approximate surface area is 145 Å². The van der Waals surface area contributed by atoms with Crippen molar-refractivity contribution in [3.63, 3.8) is 0 Å². The lowest BCUT2D eigenvalue weighted by molar-refractivity contribution is 0.102. The average molecular weight is 335 g/mol. The van der Waals surface area contributed by atoms with E-state index in [4.69, 9.17) is 11.6 Å². The molecule has 0 spiro atoms. The molecule has 0 aliphatic carbocycles. The summed E-state index contributed by atoms with van der Waals surface area (Å²) < 4.78 is 0. The standard InChI is InChI=1S/C20H15ClN2O/c21-18-13-14-22-19(20(24)23-16-9-5-2-6-10-16)17(18)12-11-15-7-3-1-4-8-15/h1-14H,(H,23,24)/b12-11+. The Hall–Kier alpha value is -2.91. The van der Waals surface area contributed by atoms with Gasteiger partial charge in [0.05, 0.1) is 5.02 Å². The molecule has 0 aliphatic heterocycles. The van der Waals surface area contributed by atoms with Crippen LogP contribution in [0.3, 0.4) is 0 Å². The molecule has 4 heteroatoms. The molecule has 0 fully saturated rings. The molecule has 24 heavy (non-hydrogen) atoms. The van der Waals surface area contributed by atoms with Crippen molar-refractivity contribution in [1.29, 1.82) is 0 Å². The molecule has 2 aromatic carbocycles. The Morgan fingerprint density at radius 1 is 0.917 bits per heavy atom. The summed E-state index contributed by atoms with van der Waals surface area (Å²) in [7, 11) is 0. The van der Waals surface area contributed by atoms with Crippen molar-refractivity contribution in [1.82, 2.24) is 4.98 Å². The molecular weight excluding hydrogens is 320 g/mol. The lowest BCUT2D eigenvalue weighted by Crippen LogP contribution is -2.15. The van der Waals surface area contributed by atoms with Crippen molar-refractivity contribution in [2.24, 2.45) is 0 Å². The molecule has 1 amide bonds. The molecule has 0 radical (unpaired) electrons. The fourth-order valence-electron chi connectivity index (χ4n) is 2.24. The molecule has 118 valence electrons. The smallest absolute Gasteiger partial charge is 0.274 e. The van der Waals surface area contributed by atoms with Gasteiger partial charge in [0.1, 0.15) is 5.69 Å². The van der Waals surface area contributed by atoms with E-state index >= 15 is 0 Å². The Morgan fingerprint density at radius 3 is 2.29 bits per heavy atom. The van der Waals surface area contributed by atoms with Crippen LogP contribution in [0.1, 0.15) is 21.6 Å². The van der Waals surface area contributed by atoms with Gasteiger partial charge >= 0.3 is 0 Å². The van der Waals surface area contributed by atoms with E-state index in [-0.39, 0.29) is 5.91 Å². The SMILES string of the molecule is O=C(Nc1ccccc1)c1nccc(Cl)c1/C=C/c1ccccc1. The van der Waals surface area contributed by atoms with Gasteiger partial charge in [-0.25, -0.2) is 0 Å². The Balaban J connectivity index is 1.90. The van der Waals surface area contributed by atoms with Crippen LogP contribution >= 0.6 is 11.6 Å². The van der Waals surface area contributed by atoms with E-state index in [1.54, 1.807) is 6.07 Å². The summed E-state index contributed by atoms with van der Waals surface area (Å²) in [5.41, 5.74) is 2.61. The van der Waals surface area contributed by atoms with Crippen molar-refractivity contribution in [3.8, 4) is 0 Å². The highest BCUT2D eigenvalue weighted by Gasteiger charge is 2.14. The van der Waals surface area contributed by atoms with Crippen LogP contribution in [0.2, 0.25) is 5.02 Å². The Bertz CT molecular complexity index is 861. The van der Waals surface area contributed by atoms with Gasteiger partial charge in [-0.1, -0.05) is 72.3 Å². The number of carbonyl (C=O) groups is 1. The van der Waals surface area contributed by atoms with E-state index in [2.05, 4.69) is 10.3 Å². The number of hydrogen-bond donors (Lipinski definition) is 1. The average Bonchev–Trinajstić information content (AvgIpc) is 2.62. The van der Waals surface area contributed by atoms with Crippen LogP contribution < -0.4 is 5.32 Å². The van der Waals surface area contributed by atoms with E-state index in [0.29, 0.717) is 22.0 Å². The molecule has 1 heterocycles. The molecule has 0 aliphatic rings. The molecule has 3 rings (SSSR count). The third kappa shape index (κ3) is 3.89. The van der Waals surface area contributed by atoms with Gasteiger partial charge in [-0.2, -0.15) is 0 Å². The predicted octanol–water partition coefficient (Wildman–Crippen LogP) is 5.16. The van der Waals surface area contributed by atoms with Gasteiger partial charge in [0.25, 0.3) is 5.91 Å². The van der Waals surface area contributed by atoms with E-state index in [1.807, 2.05) is 72.8 Å². The number of nitrogens with one attached hydrogen (secondary N) is 1. The molecule has 0 saturated carbocycles. The first-order valence-corrected chi connectivity index (χ1v) is 7.86. The first kappa shape index (κ1) is 16.0. The number of anilines is 1. The zero-order chi connectivity index (χ0) is 16.8. The zero-order valence-electron chi connectivity index (χ0n) is 12.8. The van der Waals surface area contributed by atoms with Gasteiger partial charge in [0.15, 0.2) is 0 Å². The number of hydrogen-bond acceptors (Lipinski definition) is 2. The highest BCUT2D eigenvalue weighted by Crippen LogP contribution is 2.22. The molecule has 0 bridgehead atoms. The zero-order valence-corrected chi connectivity index (χ0v) is 13.6. The van der Waals surface area contributed by atoms with Gasteiger partial charge in [0, 0.05) is 17.4 Å². The maximum atomic E-state index is 12.5. The number of pyridine rings is 1. The number of aromatic nitrogens is 1. The fourth-order valence-corrected chi connectivity index (χ4v) is 2.45. The van der Waals surface area contributed by atoms with Crippen molar-refractivity contribution in [2.75, 3.05) is 5.32 Å². The fraction of sp³-hybridized carbons (Fsp3) is 0. The first-order valence-electron chi connectivity index (χ1n) is 7.48. The molecule has 0 saturated heterocycles. The number of nitrogens with zero attached hydrogens (tertiary/aromatic N) is 1. The van der Waals surface area contributed by atoms with E-state index in [0.717, 1.165) is 5.56 Å². The summed E-state index contributed by atoms with van der Waals surface area (Å²) in [5, 5.41) is 3.31. The summed E-state index contributed by atoms with van der Waals surface area (Å²) in [6.45, 7) is 0. The number of benzene rings is 2. The van der Waals surface area contributed by atoms with Gasteiger partial charge in [-0.3, -0.25) is 9.78 Å². The maximum absolute atomic E-state index is 12.5. The second-order valence-corrected chi connectivity index (χ2v) is 5.53. The maximum Gasteiger partial charge on any atom is 0.274 e. The van der Waals surface area contributed by atoms with Crippen molar-refractivity contribution in [2.45, 2.75) is 0 Å². The molecule has 1 N–H and O–H groups in total. The number of amides is 1. The second kappa shape index (κ2) is 7.57. The van der Waals surface area contributed by atoms with Crippen LogP contribution in [0.4, 0.5) is 5.69 Å². The van der Waals surface area contributed by atoms with Gasteiger partial charge in [0.2, 0.25) is 0 Å². The molecular formula is C20H15ClN2O. The van der Waals surface area contributed by atoms with E-state index in [1.165, 1.54) is 6.20 Å². The lowest BCUT2D eigenvalue weighted by Gasteiger charge is -2.08.